The maximum Gasteiger partial charge on any atom is 0.337 e. The summed E-state index contributed by atoms with van der Waals surface area (Å²) < 4.78 is 10.5. The fraction of sp³-hybridized carbons (Fsp3) is 0.500. The third-order valence-electron chi connectivity index (χ3n) is 3.30. The summed E-state index contributed by atoms with van der Waals surface area (Å²) in [5.74, 6) is 0.466. The van der Waals surface area contributed by atoms with E-state index in [1.54, 1.807) is 24.3 Å². The Bertz CT molecular complexity index is 394. The van der Waals surface area contributed by atoms with Gasteiger partial charge in [-0.1, -0.05) is 0 Å². The maximum atomic E-state index is 11.3. The summed E-state index contributed by atoms with van der Waals surface area (Å²) in [4.78, 5) is 11.3. The lowest BCUT2D eigenvalue weighted by molar-refractivity contribution is 0.0600. The molecule has 1 aliphatic rings. The number of methoxy groups -OCH3 is 1. The Morgan fingerprint density at radius 1 is 1.17 bits per heavy atom. The van der Waals surface area contributed by atoms with Gasteiger partial charge in [-0.25, -0.2) is 4.79 Å². The minimum Gasteiger partial charge on any atom is -0.490 e. The molecule has 2 N–H and O–H groups in total. The second-order valence-electron chi connectivity index (χ2n) is 4.67. The first kappa shape index (κ1) is 12.9. The molecule has 0 saturated heterocycles. The molecule has 1 saturated carbocycles. The van der Waals surface area contributed by atoms with Crippen molar-refractivity contribution in [1.82, 2.24) is 0 Å². The van der Waals surface area contributed by atoms with Gasteiger partial charge >= 0.3 is 5.97 Å². The molecular formula is C14H19NO3. The van der Waals surface area contributed by atoms with Crippen LogP contribution in [0.5, 0.6) is 5.75 Å². The van der Waals surface area contributed by atoms with Gasteiger partial charge in [0, 0.05) is 6.04 Å². The Kier molecular flexibility index (Phi) is 4.20. The molecule has 0 heterocycles. The maximum absolute atomic E-state index is 11.3. The first-order valence-corrected chi connectivity index (χ1v) is 6.29. The van der Waals surface area contributed by atoms with Crippen molar-refractivity contribution < 1.29 is 14.3 Å². The van der Waals surface area contributed by atoms with E-state index in [2.05, 4.69) is 4.74 Å². The number of esters is 1. The van der Waals surface area contributed by atoms with Crippen LogP contribution in [0.2, 0.25) is 0 Å². The van der Waals surface area contributed by atoms with Crippen molar-refractivity contribution in [3.63, 3.8) is 0 Å². The molecule has 4 heteroatoms. The van der Waals surface area contributed by atoms with Gasteiger partial charge in [0.25, 0.3) is 0 Å². The van der Waals surface area contributed by atoms with Crippen molar-refractivity contribution in [3.05, 3.63) is 29.8 Å². The quantitative estimate of drug-likeness (QED) is 0.833. The van der Waals surface area contributed by atoms with Crippen molar-refractivity contribution >= 4 is 5.97 Å². The zero-order valence-corrected chi connectivity index (χ0v) is 10.6. The van der Waals surface area contributed by atoms with Crippen LogP contribution >= 0.6 is 0 Å². The van der Waals surface area contributed by atoms with Crippen LogP contribution in [0, 0.1) is 0 Å². The molecular weight excluding hydrogens is 230 g/mol. The third kappa shape index (κ3) is 3.23. The van der Waals surface area contributed by atoms with E-state index in [1.807, 2.05) is 0 Å². The van der Waals surface area contributed by atoms with Gasteiger partial charge in [0.15, 0.2) is 0 Å². The molecule has 0 bridgehead atoms. The van der Waals surface area contributed by atoms with Crippen molar-refractivity contribution in [2.75, 3.05) is 7.11 Å². The largest absolute Gasteiger partial charge is 0.490 e. The molecule has 0 unspecified atom stereocenters. The molecule has 0 atom stereocenters. The van der Waals surface area contributed by atoms with Gasteiger partial charge in [0.05, 0.1) is 18.8 Å². The predicted octanol–water partition coefficient (Wildman–Crippen LogP) is 2.12. The van der Waals surface area contributed by atoms with Gasteiger partial charge in [-0.3, -0.25) is 0 Å². The third-order valence-corrected chi connectivity index (χ3v) is 3.30. The first-order chi connectivity index (χ1) is 8.69. The molecule has 1 aliphatic carbocycles. The fourth-order valence-electron chi connectivity index (χ4n) is 2.19. The Labute approximate surface area is 107 Å². The molecule has 0 spiro atoms. The number of ether oxygens (including phenoxy) is 2. The number of hydrogen-bond acceptors (Lipinski definition) is 4. The summed E-state index contributed by atoms with van der Waals surface area (Å²) in [6.07, 6.45) is 4.28. The molecule has 2 rings (SSSR count). The lowest BCUT2D eigenvalue weighted by atomic mass is 9.94. The number of nitrogens with two attached hydrogens (primary N) is 1. The van der Waals surface area contributed by atoms with Gasteiger partial charge in [-0.05, 0) is 49.9 Å². The Balaban J connectivity index is 1.92. The average Bonchev–Trinajstić information content (AvgIpc) is 2.41. The number of benzene rings is 1. The number of rotatable bonds is 3. The normalized spacial score (nSPS) is 23.4. The molecule has 0 aliphatic heterocycles. The van der Waals surface area contributed by atoms with E-state index in [1.165, 1.54) is 7.11 Å². The van der Waals surface area contributed by atoms with Crippen molar-refractivity contribution in [2.24, 2.45) is 5.73 Å². The lowest BCUT2D eigenvalue weighted by Gasteiger charge is -2.26. The van der Waals surface area contributed by atoms with Crippen LogP contribution in [0.1, 0.15) is 36.0 Å². The second kappa shape index (κ2) is 5.87. The van der Waals surface area contributed by atoms with Gasteiger partial charge in [-0.15, -0.1) is 0 Å². The van der Waals surface area contributed by atoms with Crippen LogP contribution in [0.4, 0.5) is 0 Å². The van der Waals surface area contributed by atoms with Crippen LogP contribution < -0.4 is 10.5 Å². The molecule has 0 amide bonds. The summed E-state index contributed by atoms with van der Waals surface area (Å²) in [5, 5.41) is 0. The summed E-state index contributed by atoms with van der Waals surface area (Å²) in [7, 11) is 1.37. The topological polar surface area (TPSA) is 61.5 Å². The molecule has 1 fully saturated rings. The molecule has 0 aromatic heterocycles. The van der Waals surface area contributed by atoms with E-state index >= 15 is 0 Å². The molecule has 0 radical (unpaired) electrons. The smallest absolute Gasteiger partial charge is 0.337 e. The fourth-order valence-corrected chi connectivity index (χ4v) is 2.19. The molecule has 1 aromatic carbocycles. The van der Waals surface area contributed by atoms with E-state index in [-0.39, 0.29) is 12.1 Å². The summed E-state index contributed by atoms with van der Waals surface area (Å²) in [5.41, 5.74) is 6.39. The summed E-state index contributed by atoms with van der Waals surface area (Å²) in [6.45, 7) is 0. The van der Waals surface area contributed by atoms with Crippen molar-refractivity contribution in [1.29, 1.82) is 0 Å². The standard InChI is InChI=1S/C14H19NO3/c1-17-14(16)10-2-6-12(7-3-10)18-13-8-4-11(15)5-9-13/h2-3,6-7,11,13H,4-5,8-9,15H2,1H3. The lowest BCUT2D eigenvalue weighted by Crippen LogP contribution is -2.31. The zero-order chi connectivity index (χ0) is 13.0. The van der Waals surface area contributed by atoms with Crippen LogP contribution in [0.3, 0.4) is 0 Å². The number of carbonyl (C=O) groups is 1. The van der Waals surface area contributed by atoms with E-state index in [4.69, 9.17) is 10.5 Å². The highest BCUT2D eigenvalue weighted by Gasteiger charge is 2.19. The van der Waals surface area contributed by atoms with Gasteiger partial charge < -0.3 is 15.2 Å². The highest BCUT2D eigenvalue weighted by atomic mass is 16.5. The van der Waals surface area contributed by atoms with Crippen LogP contribution in [-0.2, 0) is 4.74 Å². The van der Waals surface area contributed by atoms with E-state index in [0.717, 1.165) is 31.4 Å². The van der Waals surface area contributed by atoms with Crippen LogP contribution in [-0.4, -0.2) is 25.2 Å². The highest BCUT2D eigenvalue weighted by molar-refractivity contribution is 5.89. The molecule has 98 valence electrons. The molecule has 1 aromatic rings. The van der Waals surface area contributed by atoms with Crippen molar-refractivity contribution in [3.8, 4) is 5.75 Å². The minimum absolute atomic E-state index is 0.244. The summed E-state index contributed by atoms with van der Waals surface area (Å²) >= 11 is 0. The van der Waals surface area contributed by atoms with Crippen LogP contribution in [0.25, 0.3) is 0 Å². The number of carbonyl (C=O) groups excluding carboxylic acids is 1. The average molecular weight is 249 g/mol. The SMILES string of the molecule is COC(=O)c1ccc(OC2CCC(N)CC2)cc1. The van der Waals surface area contributed by atoms with Gasteiger partial charge in [0.1, 0.15) is 5.75 Å². The Morgan fingerprint density at radius 2 is 1.78 bits per heavy atom. The molecule has 4 nitrogen and oxygen atoms in total. The van der Waals surface area contributed by atoms with E-state index in [9.17, 15) is 4.79 Å². The van der Waals surface area contributed by atoms with Gasteiger partial charge in [-0.2, -0.15) is 0 Å². The van der Waals surface area contributed by atoms with Crippen molar-refractivity contribution in [2.45, 2.75) is 37.8 Å². The van der Waals surface area contributed by atoms with Crippen LogP contribution in [0.15, 0.2) is 24.3 Å². The zero-order valence-electron chi connectivity index (χ0n) is 10.6. The van der Waals surface area contributed by atoms with E-state index in [0.29, 0.717) is 11.6 Å². The highest BCUT2D eigenvalue weighted by Crippen LogP contribution is 2.23. The monoisotopic (exact) mass is 249 g/mol. The Morgan fingerprint density at radius 3 is 2.33 bits per heavy atom. The second-order valence-corrected chi connectivity index (χ2v) is 4.67. The summed E-state index contributed by atoms with van der Waals surface area (Å²) in [6, 6.07) is 7.37. The minimum atomic E-state index is -0.329. The Hall–Kier alpha value is -1.55. The molecule has 18 heavy (non-hydrogen) atoms. The number of hydrogen-bond donors (Lipinski definition) is 1. The predicted molar refractivity (Wildman–Crippen MR) is 68.6 cm³/mol. The first-order valence-electron chi connectivity index (χ1n) is 6.29. The van der Waals surface area contributed by atoms with E-state index < -0.39 is 0 Å². The van der Waals surface area contributed by atoms with Gasteiger partial charge in [0.2, 0.25) is 0 Å².